The van der Waals surface area contributed by atoms with E-state index in [9.17, 15) is 4.79 Å². The lowest BCUT2D eigenvalue weighted by molar-refractivity contribution is 0.129. The van der Waals surface area contributed by atoms with Crippen LogP contribution in [0.5, 0.6) is 0 Å². The Labute approximate surface area is 131 Å². The van der Waals surface area contributed by atoms with Gasteiger partial charge in [0, 0.05) is 13.1 Å². The maximum absolute atomic E-state index is 10.9. The number of nitrogens with one attached hydrogen (secondary N) is 1. The first kappa shape index (κ1) is 20.2. The first-order valence-electron chi connectivity index (χ1n) is 8.78. The van der Waals surface area contributed by atoms with Crippen LogP contribution in [-0.4, -0.2) is 35.4 Å². The van der Waals surface area contributed by atoms with Gasteiger partial charge < -0.3 is 10.4 Å². The summed E-state index contributed by atoms with van der Waals surface area (Å²) in [6, 6.07) is 0. The minimum absolute atomic E-state index is 0.0974. The van der Waals surface area contributed by atoms with Gasteiger partial charge in [0.15, 0.2) is 0 Å². The molecule has 4 heteroatoms. The summed E-state index contributed by atoms with van der Waals surface area (Å²) in [6.45, 7) is 10.6. The van der Waals surface area contributed by atoms with E-state index in [0.29, 0.717) is 5.92 Å². The second kappa shape index (κ2) is 12.9. The van der Waals surface area contributed by atoms with E-state index >= 15 is 0 Å². The molecule has 0 aliphatic heterocycles. The van der Waals surface area contributed by atoms with Crippen LogP contribution >= 0.6 is 0 Å². The summed E-state index contributed by atoms with van der Waals surface area (Å²) < 4.78 is 0. The smallest absolute Gasteiger partial charge is 0.405 e. The third-order valence-corrected chi connectivity index (χ3v) is 4.21. The highest BCUT2D eigenvalue weighted by Gasteiger charge is 2.18. The molecule has 126 valence electrons. The Balaban J connectivity index is 4.42. The van der Waals surface area contributed by atoms with E-state index in [1.54, 1.807) is 0 Å². The molecule has 0 aromatic carbocycles. The van der Waals surface area contributed by atoms with Crippen molar-refractivity contribution < 1.29 is 9.90 Å². The molecule has 0 fully saturated rings. The van der Waals surface area contributed by atoms with Crippen LogP contribution in [0, 0.1) is 5.92 Å². The van der Waals surface area contributed by atoms with Crippen molar-refractivity contribution in [1.29, 1.82) is 0 Å². The molecule has 4 nitrogen and oxygen atoms in total. The summed E-state index contributed by atoms with van der Waals surface area (Å²) in [6.07, 6.45) is 8.78. The average Bonchev–Trinajstić information content (AvgIpc) is 2.44. The first-order valence-corrected chi connectivity index (χ1v) is 8.78. The van der Waals surface area contributed by atoms with Crippen LogP contribution in [0.2, 0.25) is 0 Å². The Morgan fingerprint density at radius 3 is 2.29 bits per heavy atom. The van der Waals surface area contributed by atoms with Gasteiger partial charge in [-0.15, -0.1) is 0 Å². The molecule has 0 aliphatic carbocycles. The molecular formula is C17H36N2O2. The van der Waals surface area contributed by atoms with Gasteiger partial charge in [0.25, 0.3) is 0 Å². The van der Waals surface area contributed by atoms with Crippen LogP contribution in [0.25, 0.3) is 0 Å². The fourth-order valence-electron chi connectivity index (χ4n) is 2.70. The molecule has 0 radical (unpaired) electrons. The Morgan fingerprint density at radius 1 is 1.10 bits per heavy atom. The van der Waals surface area contributed by atoms with E-state index in [1.807, 2.05) is 6.92 Å². The maximum atomic E-state index is 10.9. The van der Waals surface area contributed by atoms with Crippen LogP contribution in [0.15, 0.2) is 0 Å². The van der Waals surface area contributed by atoms with Crippen LogP contribution in [-0.2, 0) is 0 Å². The van der Waals surface area contributed by atoms with Crippen molar-refractivity contribution in [2.45, 2.75) is 85.2 Å². The van der Waals surface area contributed by atoms with Gasteiger partial charge in [-0.05, 0) is 25.7 Å². The Kier molecular flexibility index (Phi) is 12.5. The third kappa shape index (κ3) is 10.6. The molecule has 0 rings (SSSR count). The van der Waals surface area contributed by atoms with Gasteiger partial charge in [-0.25, -0.2) is 4.79 Å². The lowest BCUT2D eigenvalue weighted by Crippen LogP contribution is -2.48. The van der Waals surface area contributed by atoms with Crippen molar-refractivity contribution in [3.8, 4) is 0 Å². The van der Waals surface area contributed by atoms with Crippen molar-refractivity contribution in [2.24, 2.45) is 5.92 Å². The van der Waals surface area contributed by atoms with Crippen molar-refractivity contribution in [3.05, 3.63) is 0 Å². The molecule has 0 spiro atoms. The molecule has 0 saturated heterocycles. The molecule has 0 aromatic heterocycles. The van der Waals surface area contributed by atoms with Crippen molar-refractivity contribution in [1.82, 2.24) is 10.2 Å². The Morgan fingerprint density at radius 2 is 1.76 bits per heavy atom. The number of rotatable bonds is 13. The van der Waals surface area contributed by atoms with E-state index in [-0.39, 0.29) is 6.17 Å². The molecule has 0 bridgehead atoms. The minimum atomic E-state index is -0.928. The molecule has 1 amide bonds. The number of hydrogen-bond acceptors (Lipinski definition) is 2. The van der Waals surface area contributed by atoms with Crippen LogP contribution in [0.1, 0.15) is 79.1 Å². The fraction of sp³-hybridized carbons (Fsp3) is 0.941. The molecule has 0 aliphatic rings. The maximum Gasteiger partial charge on any atom is 0.405 e. The predicted octanol–water partition coefficient (Wildman–Crippen LogP) is 4.70. The molecule has 21 heavy (non-hydrogen) atoms. The number of amides is 1. The normalized spacial score (nSPS) is 14.1. The molecular weight excluding hydrogens is 264 g/mol. The van der Waals surface area contributed by atoms with Gasteiger partial charge in [-0.2, -0.15) is 0 Å². The lowest BCUT2D eigenvalue weighted by Gasteiger charge is -2.32. The first-order chi connectivity index (χ1) is 10.0. The summed E-state index contributed by atoms with van der Waals surface area (Å²) in [5.41, 5.74) is 0. The van der Waals surface area contributed by atoms with E-state index in [4.69, 9.17) is 5.11 Å². The van der Waals surface area contributed by atoms with E-state index in [2.05, 4.69) is 31.0 Å². The topological polar surface area (TPSA) is 52.6 Å². The highest BCUT2D eigenvalue weighted by molar-refractivity contribution is 5.64. The summed E-state index contributed by atoms with van der Waals surface area (Å²) in [5.74, 6) is 0.675. The van der Waals surface area contributed by atoms with Crippen molar-refractivity contribution >= 4 is 6.09 Å². The van der Waals surface area contributed by atoms with Gasteiger partial charge in [0.2, 0.25) is 0 Å². The minimum Gasteiger partial charge on any atom is -0.465 e. The zero-order valence-electron chi connectivity index (χ0n) is 14.5. The monoisotopic (exact) mass is 300 g/mol. The predicted molar refractivity (Wildman–Crippen MR) is 89.6 cm³/mol. The fourth-order valence-corrected chi connectivity index (χ4v) is 2.70. The SMILES string of the molecule is CCCCCCN(CC(CC)CCCC)C(C)NC(=O)O. The van der Waals surface area contributed by atoms with Crippen LogP contribution in [0.4, 0.5) is 4.79 Å². The summed E-state index contributed by atoms with van der Waals surface area (Å²) in [7, 11) is 0. The van der Waals surface area contributed by atoms with Crippen molar-refractivity contribution in [3.63, 3.8) is 0 Å². The lowest BCUT2D eigenvalue weighted by atomic mass is 9.98. The number of unbranched alkanes of at least 4 members (excludes halogenated alkanes) is 4. The standard InChI is InChI=1S/C17H36N2O2/c1-5-8-10-11-13-19(15(4)18-17(20)21)14-16(7-3)12-9-6-2/h15-16,18H,5-14H2,1-4H3,(H,20,21). The second-order valence-corrected chi connectivity index (χ2v) is 6.10. The highest BCUT2D eigenvalue weighted by atomic mass is 16.4. The largest absolute Gasteiger partial charge is 0.465 e. The van der Waals surface area contributed by atoms with Gasteiger partial charge >= 0.3 is 6.09 Å². The highest BCUT2D eigenvalue weighted by Crippen LogP contribution is 2.16. The van der Waals surface area contributed by atoms with Gasteiger partial charge in [0.1, 0.15) is 0 Å². The molecule has 2 atom stereocenters. The number of nitrogens with zero attached hydrogens (tertiary/aromatic N) is 1. The zero-order chi connectivity index (χ0) is 16.1. The van der Waals surface area contributed by atoms with Crippen molar-refractivity contribution in [2.75, 3.05) is 13.1 Å². The zero-order valence-corrected chi connectivity index (χ0v) is 14.5. The second-order valence-electron chi connectivity index (χ2n) is 6.10. The molecule has 0 saturated carbocycles. The van der Waals surface area contributed by atoms with Gasteiger partial charge in [-0.3, -0.25) is 4.90 Å². The number of carbonyl (C=O) groups is 1. The van der Waals surface area contributed by atoms with E-state index in [1.165, 1.54) is 44.9 Å². The number of carboxylic acid groups (broad SMARTS) is 1. The summed E-state index contributed by atoms with van der Waals surface area (Å²) in [4.78, 5) is 13.2. The molecule has 2 N–H and O–H groups in total. The van der Waals surface area contributed by atoms with E-state index < -0.39 is 6.09 Å². The van der Waals surface area contributed by atoms with Crippen LogP contribution in [0.3, 0.4) is 0 Å². The van der Waals surface area contributed by atoms with E-state index in [0.717, 1.165) is 19.5 Å². The van der Waals surface area contributed by atoms with Gasteiger partial charge in [0.05, 0.1) is 6.17 Å². The van der Waals surface area contributed by atoms with Gasteiger partial charge in [-0.1, -0.05) is 59.3 Å². The summed E-state index contributed by atoms with van der Waals surface area (Å²) >= 11 is 0. The Hall–Kier alpha value is -0.770. The molecule has 0 heterocycles. The quantitative estimate of drug-likeness (QED) is 0.383. The molecule has 2 unspecified atom stereocenters. The number of hydrogen-bond donors (Lipinski definition) is 2. The van der Waals surface area contributed by atoms with Crippen LogP contribution < -0.4 is 5.32 Å². The Bertz CT molecular complexity index is 259. The molecule has 0 aromatic rings. The summed E-state index contributed by atoms with van der Waals surface area (Å²) in [5, 5.41) is 11.5. The third-order valence-electron chi connectivity index (χ3n) is 4.21. The average molecular weight is 300 g/mol.